The summed E-state index contributed by atoms with van der Waals surface area (Å²) in [5.41, 5.74) is -0.335. The van der Waals surface area contributed by atoms with Crippen LogP contribution in [-0.4, -0.2) is 40.0 Å². The van der Waals surface area contributed by atoms with Crippen molar-refractivity contribution in [2.45, 2.75) is 36.9 Å². The van der Waals surface area contributed by atoms with E-state index < -0.39 is 0 Å². The highest BCUT2D eigenvalue weighted by Crippen LogP contribution is 2.43. The minimum absolute atomic E-state index is 0.0183. The minimum atomic E-state index is -0.367. The summed E-state index contributed by atoms with van der Waals surface area (Å²) in [6.45, 7) is 0. The van der Waals surface area contributed by atoms with Gasteiger partial charge in [-0.3, -0.25) is 0 Å². The molecule has 0 amide bonds. The standard InChI is InChI=1S/C11H16N2O3S/c1-15-11(3-2-4-11)10-12-9(16-13-10)7-5-17-6-8(7)14/h7-8,14H,2-6H2,1H3. The van der Waals surface area contributed by atoms with Crippen LogP contribution in [0, 0.1) is 0 Å². The second-order valence-electron chi connectivity index (χ2n) is 4.72. The van der Waals surface area contributed by atoms with E-state index in [1.54, 1.807) is 18.9 Å². The molecule has 2 heterocycles. The fraction of sp³-hybridized carbons (Fsp3) is 0.818. The van der Waals surface area contributed by atoms with Gasteiger partial charge in [0.1, 0.15) is 5.60 Å². The zero-order valence-corrected chi connectivity index (χ0v) is 10.6. The lowest BCUT2D eigenvalue weighted by Gasteiger charge is -2.37. The van der Waals surface area contributed by atoms with Crippen molar-refractivity contribution in [1.29, 1.82) is 0 Å². The Morgan fingerprint density at radius 2 is 2.29 bits per heavy atom. The monoisotopic (exact) mass is 256 g/mol. The van der Waals surface area contributed by atoms with Crippen molar-refractivity contribution >= 4 is 11.8 Å². The number of aromatic nitrogens is 2. The van der Waals surface area contributed by atoms with Gasteiger partial charge < -0.3 is 14.4 Å². The van der Waals surface area contributed by atoms with E-state index in [4.69, 9.17) is 9.26 Å². The van der Waals surface area contributed by atoms with Crippen LogP contribution in [0.5, 0.6) is 0 Å². The third-order valence-corrected chi connectivity index (χ3v) is 4.94. The van der Waals surface area contributed by atoms with Crippen LogP contribution < -0.4 is 0 Å². The van der Waals surface area contributed by atoms with Crippen LogP contribution in [0.4, 0.5) is 0 Å². The Labute approximate surface area is 104 Å². The van der Waals surface area contributed by atoms with Gasteiger partial charge >= 0.3 is 0 Å². The quantitative estimate of drug-likeness (QED) is 0.878. The van der Waals surface area contributed by atoms with Gasteiger partial charge in [-0.1, -0.05) is 5.16 Å². The number of rotatable bonds is 3. The largest absolute Gasteiger partial charge is 0.391 e. The third-order valence-electron chi connectivity index (χ3n) is 3.77. The number of ether oxygens (including phenoxy) is 1. The maximum atomic E-state index is 9.80. The molecule has 2 aliphatic rings. The molecule has 2 unspecified atom stereocenters. The topological polar surface area (TPSA) is 68.4 Å². The Kier molecular flexibility index (Phi) is 2.88. The van der Waals surface area contributed by atoms with Crippen LogP contribution in [0.2, 0.25) is 0 Å². The molecule has 1 aromatic heterocycles. The SMILES string of the molecule is COC1(c2noc(C3CSCC3O)n2)CCC1. The lowest BCUT2D eigenvalue weighted by molar-refractivity contribution is -0.0858. The summed E-state index contributed by atoms with van der Waals surface area (Å²) in [5, 5.41) is 13.8. The number of aliphatic hydroxyl groups excluding tert-OH is 1. The lowest BCUT2D eigenvalue weighted by Crippen LogP contribution is -2.37. The number of hydrogen-bond donors (Lipinski definition) is 1. The number of thioether (sulfide) groups is 1. The summed E-state index contributed by atoms with van der Waals surface area (Å²) in [4.78, 5) is 4.43. The Balaban J connectivity index is 1.82. The number of aliphatic hydroxyl groups is 1. The fourth-order valence-electron chi connectivity index (χ4n) is 2.37. The molecule has 2 fully saturated rings. The van der Waals surface area contributed by atoms with Crippen molar-refractivity contribution in [3.63, 3.8) is 0 Å². The van der Waals surface area contributed by atoms with Gasteiger partial charge in [-0.05, 0) is 19.3 Å². The molecule has 3 rings (SSSR count). The summed E-state index contributed by atoms with van der Waals surface area (Å²) < 4.78 is 10.8. The summed E-state index contributed by atoms with van der Waals surface area (Å²) in [7, 11) is 1.69. The van der Waals surface area contributed by atoms with Crippen LogP contribution in [0.3, 0.4) is 0 Å². The first kappa shape index (κ1) is 11.5. The van der Waals surface area contributed by atoms with E-state index in [1.165, 1.54) is 0 Å². The maximum Gasteiger partial charge on any atom is 0.233 e. The van der Waals surface area contributed by atoms with Gasteiger partial charge in [0.25, 0.3) is 0 Å². The summed E-state index contributed by atoms with van der Waals surface area (Å²) >= 11 is 1.72. The fourth-order valence-corrected chi connectivity index (χ4v) is 3.60. The van der Waals surface area contributed by atoms with Crippen molar-refractivity contribution < 1.29 is 14.4 Å². The molecule has 2 atom stereocenters. The number of methoxy groups -OCH3 is 1. The van der Waals surface area contributed by atoms with Crippen molar-refractivity contribution in [3.05, 3.63) is 11.7 Å². The van der Waals surface area contributed by atoms with E-state index in [9.17, 15) is 5.11 Å². The predicted octanol–water partition coefficient (Wildman–Crippen LogP) is 1.29. The molecule has 1 saturated carbocycles. The highest BCUT2D eigenvalue weighted by molar-refractivity contribution is 7.99. The highest BCUT2D eigenvalue weighted by atomic mass is 32.2. The predicted molar refractivity (Wildman–Crippen MR) is 62.9 cm³/mol. The van der Waals surface area contributed by atoms with Gasteiger partial charge in [0.05, 0.1) is 12.0 Å². The minimum Gasteiger partial charge on any atom is -0.391 e. The van der Waals surface area contributed by atoms with E-state index in [-0.39, 0.29) is 17.6 Å². The van der Waals surface area contributed by atoms with Crippen molar-refractivity contribution in [3.8, 4) is 0 Å². The molecule has 1 aromatic rings. The van der Waals surface area contributed by atoms with E-state index in [2.05, 4.69) is 10.1 Å². The van der Waals surface area contributed by atoms with E-state index in [0.29, 0.717) is 11.7 Å². The molecule has 1 saturated heterocycles. The second kappa shape index (κ2) is 4.26. The molecule has 5 nitrogen and oxygen atoms in total. The maximum absolute atomic E-state index is 9.80. The van der Waals surface area contributed by atoms with Crippen molar-refractivity contribution in [2.75, 3.05) is 18.6 Å². The van der Waals surface area contributed by atoms with Gasteiger partial charge in [-0.2, -0.15) is 16.7 Å². The van der Waals surface area contributed by atoms with Crippen LogP contribution in [0.15, 0.2) is 4.52 Å². The molecule has 1 aliphatic heterocycles. The van der Waals surface area contributed by atoms with Gasteiger partial charge in [-0.25, -0.2) is 0 Å². The molecule has 0 aromatic carbocycles. The lowest BCUT2D eigenvalue weighted by atomic mass is 9.79. The Morgan fingerprint density at radius 3 is 2.82 bits per heavy atom. The Hall–Kier alpha value is -0.590. The van der Waals surface area contributed by atoms with E-state index in [1.807, 2.05) is 0 Å². The molecule has 94 valence electrons. The van der Waals surface area contributed by atoms with Crippen molar-refractivity contribution in [1.82, 2.24) is 10.1 Å². The first-order valence-corrected chi connectivity index (χ1v) is 7.06. The normalized spacial score (nSPS) is 31.4. The second-order valence-corrected chi connectivity index (χ2v) is 5.79. The van der Waals surface area contributed by atoms with Crippen LogP contribution in [0.25, 0.3) is 0 Å². The summed E-state index contributed by atoms with van der Waals surface area (Å²) in [5.74, 6) is 2.78. The molecule has 1 N–H and O–H groups in total. The molecule has 0 radical (unpaired) electrons. The zero-order chi connectivity index (χ0) is 11.9. The molecule has 0 bridgehead atoms. The average molecular weight is 256 g/mol. The van der Waals surface area contributed by atoms with E-state index in [0.717, 1.165) is 30.8 Å². The van der Waals surface area contributed by atoms with E-state index >= 15 is 0 Å². The number of nitrogens with zero attached hydrogens (tertiary/aromatic N) is 2. The third kappa shape index (κ3) is 1.78. The zero-order valence-electron chi connectivity index (χ0n) is 9.76. The molecule has 1 aliphatic carbocycles. The molecular formula is C11H16N2O3S. The van der Waals surface area contributed by atoms with Crippen molar-refractivity contribution in [2.24, 2.45) is 0 Å². The van der Waals surface area contributed by atoms with Crippen LogP contribution in [-0.2, 0) is 10.3 Å². The summed E-state index contributed by atoms with van der Waals surface area (Å²) in [6, 6.07) is 0. The Bertz CT molecular complexity index is 400. The molecule has 6 heteroatoms. The van der Waals surface area contributed by atoms with Gasteiger partial charge in [0.2, 0.25) is 11.7 Å². The van der Waals surface area contributed by atoms with Gasteiger partial charge in [0.15, 0.2) is 0 Å². The highest BCUT2D eigenvalue weighted by Gasteiger charge is 2.44. The molecule has 17 heavy (non-hydrogen) atoms. The average Bonchev–Trinajstić information content (AvgIpc) is 2.86. The summed E-state index contributed by atoms with van der Waals surface area (Å²) in [6.07, 6.45) is 2.67. The molecule has 0 spiro atoms. The Morgan fingerprint density at radius 1 is 1.47 bits per heavy atom. The van der Waals surface area contributed by atoms with Crippen LogP contribution in [0.1, 0.15) is 36.9 Å². The first-order chi connectivity index (χ1) is 8.25. The smallest absolute Gasteiger partial charge is 0.233 e. The first-order valence-electron chi connectivity index (χ1n) is 5.90. The van der Waals surface area contributed by atoms with Gasteiger partial charge in [-0.15, -0.1) is 0 Å². The molecular weight excluding hydrogens is 240 g/mol. The number of hydrogen-bond acceptors (Lipinski definition) is 6. The van der Waals surface area contributed by atoms with Gasteiger partial charge in [0, 0.05) is 18.6 Å². The van der Waals surface area contributed by atoms with Crippen LogP contribution >= 0.6 is 11.8 Å².